The van der Waals surface area contributed by atoms with Crippen molar-refractivity contribution in [3.8, 4) is 5.75 Å². The van der Waals surface area contributed by atoms with Gasteiger partial charge in [-0.15, -0.1) is 0 Å². The van der Waals surface area contributed by atoms with E-state index in [1.54, 1.807) is 13.3 Å². The van der Waals surface area contributed by atoms with Crippen molar-refractivity contribution in [2.45, 2.75) is 20.3 Å². The molecule has 0 aliphatic heterocycles. The second-order valence-corrected chi connectivity index (χ2v) is 4.56. The zero-order valence-electron chi connectivity index (χ0n) is 11.4. The third-order valence-corrected chi connectivity index (χ3v) is 3.11. The van der Waals surface area contributed by atoms with E-state index in [-0.39, 0.29) is 5.78 Å². The number of rotatable bonds is 4. The Labute approximate surface area is 113 Å². The lowest BCUT2D eigenvalue weighted by Gasteiger charge is -2.10. The smallest absolute Gasteiger partial charge is 0.169 e. The molecule has 2 rings (SSSR count). The molecule has 3 nitrogen and oxygen atoms in total. The van der Waals surface area contributed by atoms with Gasteiger partial charge in [-0.3, -0.25) is 9.78 Å². The normalized spacial score (nSPS) is 10.3. The zero-order valence-corrected chi connectivity index (χ0v) is 11.4. The molecule has 3 heteroatoms. The molecule has 0 spiro atoms. The molecule has 0 fully saturated rings. The van der Waals surface area contributed by atoms with E-state index < -0.39 is 0 Å². The van der Waals surface area contributed by atoms with Crippen molar-refractivity contribution in [3.63, 3.8) is 0 Å². The van der Waals surface area contributed by atoms with Gasteiger partial charge in [0.2, 0.25) is 0 Å². The lowest BCUT2D eigenvalue weighted by Crippen LogP contribution is -2.07. The number of methoxy groups -OCH3 is 1. The van der Waals surface area contributed by atoms with E-state index in [1.807, 2.05) is 44.2 Å². The molecule has 0 bridgehead atoms. The number of aromatic nitrogens is 1. The maximum Gasteiger partial charge on any atom is 0.169 e. The van der Waals surface area contributed by atoms with Crippen molar-refractivity contribution >= 4 is 5.78 Å². The maximum absolute atomic E-state index is 12.3. The fourth-order valence-corrected chi connectivity index (χ4v) is 2.07. The molecule has 1 heterocycles. The van der Waals surface area contributed by atoms with Gasteiger partial charge in [0.25, 0.3) is 0 Å². The van der Waals surface area contributed by atoms with Crippen LogP contribution < -0.4 is 4.74 Å². The standard InChI is InChI=1S/C16H17NO2/c1-11-9-16(19-3)12(2)8-14(11)15(18)10-13-6-4-5-7-17-13/h4-9H,10H2,1-3H3. The summed E-state index contributed by atoms with van der Waals surface area (Å²) < 4.78 is 5.26. The Balaban J connectivity index is 2.27. The minimum absolute atomic E-state index is 0.0851. The van der Waals surface area contributed by atoms with Gasteiger partial charge in [-0.1, -0.05) is 6.07 Å². The molecule has 0 N–H and O–H groups in total. The van der Waals surface area contributed by atoms with Crippen LogP contribution in [0.4, 0.5) is 0 Å². The zero-order chi connectivity index (χ0) is 13.8. The monoisotopic (exact) mass is 255 g/mol. The first-order valence-corrected chi connectivity index (χ1v) is 6.20. The van der Waals surface area contributed by atoms with E-state index in [0.29, 0.717) is 6.42 Å². The van der Waals surface area contributed by atoms with Crippen molar-refractivity contribution in [3.05, 3.63) is 58.9 Å². The van der Waals surface area contributed by atoms with Gasteiger partial charge in [-0.2, -0.15) is 0 Å². The number of Topliss-reactive ketones (excluding diaryl/α,β-unsaturated/α-hetero) is 1. The summed E-state index contributed by atoms with van der Waals surface area (Å²) in [6.07, 6.45) is 2.03. The summed E-state index contributed by atoms with van der Waals surface area (Å²) >= 11 is 0. The maximum atomic E-state index is 12.3. The summed E-state index contributed by atoms with van der Waals surface area (Å²) in [5.74, 6) is 0.897. The predicted molar refractivity (Wildman–Crippen MR) is 74.7 cm³/mol. The summed E-state index contributed by atoms with van der Waals surface area (Å²) in [4.78, 5) is 16.5. The van der Waals surface area contributed by atoms with Crippen LogP contribution in [0.15, 0.2) is 36.5 Å². The molecule has 98 valence electrons. The lowest BCUT2D eigenvalue weighted by molar-refractivity contribution is 0.0991. The number of hydrogen-bond donors (Lipinski definition) is 0. The fourth-order valence-electron chi connectivity index (χ4n) is 2.07. The van der Waals surface area contributed by atoms with Gasteiger partial charge in [0.1, 0.15) is 5.75 Å². The third-order valence-electron chi connectivity index (χ3n) is 3.11. The van der Waals surface area contributed by atoms with E-state index in [2.05, 4.69) is 4.98 Å². The van der Waals surface area contributed by atoms with Gasteiger partial charge in [0, 0.05) is 17.5 Å². The molecule has 0 amide bonds. The van der Waals surface area contributed by atoms with Crippen molar-refractivity contribution in [1.29, 1.82) is 0 Å². The summed E-state index contributed by atoms with van der Waals surface area (Å²) in [6, 6.07) is 9.39. The number of hydrogen-bond acceptors (Lipinski definition) is 3. The van der Waals surface area contributed by atoms with Gasteiger partial charge in [-0.05, 0) is 49.2 Å². The molecule has 1 aromatic heterocycles. The Morgan fingerprint density at radius 2 is 2.00 bits per heavy atom. The SMILES string of the molecule is COc1cc(C)c(C(=O)Cc2ccccn2)cc1C. The van der Waals surface area contributed by atoms with Gasteiger partial charge in [0.15, 0.2) is 5.78 Å². The largest absolute Gasteiger partial charge is 0.496 e. The van der Waals surface area contributed by atoms with Crippen molar-refractivity contribution in [2.24, 2.45) is 0 Å². The van der Waals surface area contributed by atoms with Crippen molar-refractivity contribution in [1.82, 2.24) is 4.98 Å². The minimum Gasteiger partial charge on any atom is -0.496 e. The van der Waals surface area contributed by atoms with E-state index in [1.165, 1.54) is 0 Å². The molecule has 2 aromatic rings. The van der Waals surface area contributed by atoms with Crippen molar-refractivity contribution < 1.29 is 9.53 Å². The fraction of sp³-hybridized carbons (Fsp3) is 0.250. The van der Waals surface area contributed by atoms with Crippen molar-refractivity contribution in [2.75, 3.05) is 7.11 Å². The van der Waals surface area contributed by atoms with E-state index in [4.69, 9.17) is 4.74 Å². The highest BCUT2D eigenvalue weighted by atomic mass is 16.5. The number of ether oxygens (including phenoxy) is 1. The topological polar surface area (TPSA) is 39.2 Å². The van der Waals surface area contributed by atoms with E-state index in [9.17, 15) is 4.79 Å². The Hall–Kier alpha value is -2.16. The third kappa shape index (κ3) is 2.99. The Morgan fingerprint density at radius 3 is 2.63 bits per heavy atom. The Kier molecular flexibility index (Phi) is 3.95. The summed E-state index contributed by atoms with van der Waals surface area (Å²) in [6.45, 7) is 3.86. The molecule has 0 atom stereocenters. The van der Waals surface area contributed by atoms with E-state index in [0.717, 1.165) is 28.1 Å². The first-order valence-electron chi connectivity index (χ1n) is 6.20. The highest BCUT2D eigenvalue weighted by Crippen LogP contribution is 2.23. The van der Waals surface area contributed by atoms with Crippen LogP contribution in [0.25, 0.3) is 0 Å². The van der Waals surface area contributed by atoms with Gasteiger partial charge in [-0.25, -0.2) is 0 Å². The first-order chi connectivity index (χ1) is 9.11. The van der Waals surface area contributed by atoms with Crippen LogP contribution in [0.1, 0.15) is 27.2 Å². The average molecular weight is 255 g/mol. The summed E-state index contributed by atoms with van der Waals surface area (Å²) in [5, 5.41) is 0. The van der Waals surface area contributed by atoms with Crippen LogP contribution >= 0.6 is 0 Å². The minimum atomic E-state index is 0.0851. The van der Waals surface area contributed by atoms with Crippen LogP contribution in [-0.2, 0) is 6.42 Å². The molecule has 19 heavy (non-hydrogen) atoms. The van der Waals surface area contributed by atoms with Gasteiger partial charge < -0.3 is 4.74 Å². The average Bonchev–Trinajstić information content (AvgIpc) is 2.42. The summed E-state index contributed by atoms with van der Waals surface area (Å²) in [5.41, 5.74) is 3.44. The molecular weight excluding hydrogens is 238 g/mol. The van der Waals surface area contributed by atoms with Crippen LogP contribution in [-0.4, -0.2) is 17.9 Å². The number of pyridine rings is 1. The number of carbonyl (C=O) groups is 1. The lowest BCUT2D eigenvalue weighted by atomic mass is 9.98. The number of benzene rings is 1. The second-order valence-electron chi connectivity index (χ2n) is 4.56. The highest BCUT2D eigenvalue weighted by molar-refractivity contribution is 5.99. The molecule has 0 unspecified atom stereocenters. The molecule has 1 aromatic carbocycles. The molecular formula is C16H17NO2. The quantitative estimate of drug-likeness (QED) is 0.788. The molecule has 0 radical (unpaired) electrons. The molecule has 0 aliphatic carbocycles. The van der Waals surface area contributed by atoms with Crippen LogP contribution in [0, 0.1) is 13.8 Å². The highest BCUT2D eigenvalue weighted by Gasteiger charge is 2.13. The van der Waals surface area contributed by atoms with Gasteiger partial charge >= 0.3 is 0 Å². The second kappa shape index (κ2) is 5.65. The number of aryl methyl sites for hydroxylation is 2. The van der Waals surface area contributed by atoms with Crippen LogP contribution in [0.5, 0.6) is 5.75 Å². The van der Waals surface area contributed by atoms with Crippen LogP contribution in [0.3, 0.4) is 0 Å². The Morgan fingerprint density at radius 1 is 1.21 bits per heavy atom. The first kappa shape index (κ1) is 13.3. The molecule has 0 aliphatic rings. The number of nitrogens with zero attached hydrogens (tertiary/aromatic N) is 1. The van der Waals surface area contributed by atoms with Gasteiger partial charge in [0.05, 0.1) is 13.5 Å². The van der Waals surface area contributed by atoms with E-state index >= 15 is 0 Å². The molecule has 0 saturated heterocycles. The predicted octanol–water partition coefficient (Wildman–Crippen LogP) is 3.13. The summed E-state index contributed by atoms with van der Waals surface area (Å²) in [7, 11) is 1.64. The number of ketones is 1. The molecule has 0 saturated carbocycles. The van der Waals surface area contributed by atoms with Crippen LogP contribution in [0.2, 0.25) is 0 Å². The Bertz CT molecular complexity index is 591. The number of carbonyl (C=O) groups excluding carboxylic acids is 1.